The molecular weight excluding hydrogens is 436 g/mol. The van der Waals surface area contributed by atoms with Crippen LogP contribution in [0.5, 0.6) is 0 Å². The zero-order valence-electron chi connectivity index (χ0n) is 20.0. The summed E-state index contributed by atoms with van der Waals surface area (Å²) >= 11 is 0. The van der Waals surface area contributed by atoms with Gasteiger partial charge in [-0.3, -0.25) is 14.5 Å². The first kappa shape index (κ1) is 25.0. The van der Waals surface area contributed by atoms with Crippen LogP contribution in [-0.2, 0) is 14.3 Å². The number of carboxylic acids is 1. The molecule has 2 aromatic rings. The Morgan fingerprint density at radius 1 is 1.03 bits per heavy atom. The highest BCUT2D eigenvalue weighted by molar-refractivity contribution is 6.23. The summed E-state index contributed by atoms with van der Waals surface area (Å²) < 4.78 is 5.61. The number of amides is 3. The lowest BCUT2D eigenvalue weighted by molar-refractivity contribution is -0.121. The van der Waals surface area contributed by atoms with Crippen molar-refractivity contribution in [3.63, 3.8) is 0 Å². The van der Waals surface area contributed by atoms with Crippen LogP contribution in [0.25, 0.3) is 11.1 Å². The Hall–Kier alpha value is -3.68. The molecule has 0 radical (unpaired) electrons. The quantitative estimate of drug-likeness (QED) is 0.559. The van der Waals surface area contributed by atoms with Crippen molar-refractivity contribution >= 4 is 35.3 Å². The highest BCUT2D eigenvalue weighted by atomic mass is 16.6. The van der Waals surface area contributed by atoms with E-state index < -0.39 is 29.5 Å². The largest absolute Gasteiger partial charge is 0.478 e. The maximum atomic E-state index is 13.3. The lowest BCUT2D eigenvalue weighted by Crippen LogP contribution is -2.40. The minimum atomic E-state index is -1.28. The molecule has 8 nitrogen and oxygen atoms in total. The number of anilines is 2. The predicted molar refractivity (Wildman–Crippen MR) is 129 cm³/mol. The van der Waals surface area contributed by atoms with Crippen LogP contribution in [0.1, 0.15) is 63.7 Å². The van der Waals surface area contributed by atoms with E-state index in [1.165, 1.54) is 11.0 Å². The molecule has 1 saturated heterocycles. The molecule has 1 heterocycles. The molecule has 0 atom stereocenters. The second-order valence-electron chi connectivity index (χ2n) is 9.14. The summed E-state index contributed by atoms with van der Waals surface area (Å²) in [7, 11) is 0. The maximum absolute atomic E-state index is 13.3. The van der Waals surface area contributed by atoms with E-state index in [2.05, 4.69) is 0 Å². The standard InChI is InChI=1S/C26H30N2O6/c1-5-6-16-27(25(33)34-26(2,3)4)23-19(28-20(29)14-15-21(28)30)13-12-18(22(23)24(31)32)17-10-8-7-9-11-17/h7-13H,5-6,14-16H2,1-4H3,(H,31,32). The van der Waals surface area contributed by atoms with Crippen LogP contribution in [-0.4, -0.2) is 41.1 Å². The molecule has 1 aliphatic heterocycles. The van der Waals surface area contributed by atoms with Gasteiger partial charge in [-0.25, -0.2) is 14.5 Å². The summed E-state index contributed by atoms with van der Waals surface area (Å²) in [6.45, 7) is 7.26. The van der Waals surface area contributed by atoms with Gasteiger partial charge in [0.25, 0.3) is 0 Å². The van der Waals surface area contributed by atoms with Crippen molar-refractivity contribution in [3.8, 4) is 11.1 Å². The number of carbonyl (C=O) groups excluding carboxylic acids is 3. The van der Waals surface area contributed by atoms with Gasteiger partial charge in [0.1, 0.15) is 5.60 Å². The molecule has 0 unspecified atom stereocenters. The summed E-state index contributed by atoms with van der Waals surface area (Å²) in [4.78, 5) is 53.5. The number of aromatic carboxylic acids is 1. The summed E-state index contributed by atoms with van der Waals surface area (Å²) in [5, 5.41) is 10.3. The number of carbonyl (C=O) groups is 4. The molecule has 0 saturated carbocycles. The molecule has 8 heteroatoms. The van der Waals surface area contributed by atoms with E-state index in [-0.39, 0.29) is 36.3 Å². The Morgan fingerprint density at radius 3 is 2.18 bits per heavy atom. The normalized spacial score (nSPS) is 13.8. The fourth-order valence-electron chi connectivity index (χ4n) is 3.88. The number of carboxylic acid groups (broad SMARTS) is 1. The third-order valence-corrected chi connectivity index (χ3v) is 5.37. The van der Waals surface area contributed by atoms with Crippen LogP contribution in [0.4, 0.5) is 16.2 Å². The number of hydrogen-bond donors (Lipinski definition) is 1. The fraction of sp³-hybridized carbons (Fsp3) is 0.385. The number of nitrogens with zero attached hydrogens (tertiary/aromatic N) is 2. The van der Waals surface area contributed by atoms with E-state index in [0.29, 0.717) is 17.5 Å². The van der Waals surface area contributed by atoms with Gasteiger partial charge in [-0.05, 0) is 44.4 Å². The van der Waals surface area contributed by atoms with Crippen molar-refractivity contribution in [2.75, 3.05) is 16.3 Å². The van der Waals surface area contributed by atoms with Crippen molar-refractivity contribution in [1.29, 1.82) is 0 Å². The first-order valence-electron chi connectivity index (χ1n) is 11.4. The van der Waals surface area contributed by atoms with E-state index in [0.717, 1.165) is 11.3 Å². The van der Waals surface area contributed by atoms with E-state index in [4.69, 9.17) is 4.74 Å². The smallest absolute Gasteiger partial charge is 0.414 e. The molecule has 0 aliphatic carbocycles. The zero-order chi connectivity index (χ0) is 25.0. The fourth-order valence-corrected chi connectivity index (χ4v) is 3.88. The van der Waals surface area contributed by atoms with Gasteiger partial charge in [0.15, 0.2) is 0 Å². The van der Waals surface area contributed by atoms with E-state index >= 15 is 0 Å². The Balaban J connectivity index is 2.34. The molecule has 1 aliphatic rings. The molecular formula is C26H30N2O6. The van der Waals surface area contributed by atoms with Crippen LogP contribution < -0.4 is 9.80 Å². The molecule has 180 valence electrons. The second-order valence-corrected chi connectivity index (χ2v) is 9.14. The molecule has 3 amide bonds. The van der Waals surface area contributed by atoms with Crippen molar-refractivity contribution in [2.24, 2.45) is 0 Å². The number of imide groups is 1. The van der Waals surface area contributed by atoms with Gasteiger partial charge >= 0.3 is 12.1 Å². The first-order valence-corrected chi connectivity index (χ1v) is 11.4. The molecule has 3 rings (SSSR count). The van der Waals surface area contributed by atoms with Crippen LogP contribution in [0.2, 0.25) is 0 Å². The number of ether oxygens (including phenoxy) is 1. The van der Waals surface area contributed by atoms with Crippen LogP contribution in [0.3, 0.4) is 0 Å². The van der Waals surface area contributed by atoms with Gasteiger partial charge < -0.3 is 9.84 Å². The van der Waals surface area contributed by atoms with Gasteiger partial charge in [0.05, 0.1) is 16.9 Å². The van der Waals surface area contributed by atoms with Gasteiger partial charge in [0, 0.05) is 19.4 Å². The van der Waals surface area contributed by atoms with Crippen molar-refractivity contribution < 1.29 is 29.0 Å². The Bertz CT molecular complexity index is 1090. The predicted octanol–water partition coefficient (Wildman–Crippen LogP) is 5.25. The topological polar surface area (TPSA) is 104 Å². The van der Waals surface area contributed by atoms with Gasteiger partial charge in [-0.2, -0.15) is 0 Å². The highest BCUT2D eigenvalue weighted by Crippen LogP contribution is 2.42. The third-order valence-electron chi connectivity index (χ3n) is 5.37. The average molecular weight is 467 g/mol. The first-order chi connectivity index (χ1) is 16.0. The number of rotatable bonds is 7. The minimum Gasteiger partial charge on any atom is -0.478 e. The average Bonchev–Trinajstić information content (AvgIpc) is 3.10. The molecule has 34 heavy (non-hydrogen) atoms. The Labute approximate surface area is 199 Å². The summed E-state index contributed by atoms with van der Waals surface area (Å²) in [6, 6.07) is 12.0. The Morgan fingerprint density at radius 2 is 1.65 bits per heavy atom. The Kier molecular flexibility index (Phi) is 7.39. The number of unbranched alkanes of at least 4 members (excludes halogenated alkanes) is 1. The van der Waals surface area contributed by atoms with Crippen molar-refractivity contribution in [3.05, 3.63) is 48.0 Å². The van der Waals surface area contributed by atoms with Crippen LogP contribution in [0, 0.1) is 0 Å². The van der Waals surface area contributed by atoms with Gasteiger partial charge in [-0.15, -0.1) is 0 Å². The minimum absolute atomic E-state index is 0.0137. The number of hydrogen-bond acceptors (Lipinski definition) is 5. The summed E-state index contributed by atoms with van der Waals surface area (Å²) in [6.07, 6.45) is 0.617. The van der Waals surface area contributed by atoms with Crippen molar-refractivity contribution in [2.45, 2.75) is 59.0 Å². The summed E-state index contributed by atoms with van der Waals surface area (Å²) in [5.74, 6) is -2.15. The SMILES string of the molecule is CCCCN(C(=O)OC(C)(C)C)c1c(N2C(=O)CCC2=O)ccc(-c2ccccc2)c1C(=O)O. The van der Waals surface area contributed by atoms with Crippen LogP contribution in [0.15, 0.2) is 42.5 Å². The molecule has 1 fully saturated rings. The maximum Gasteiger partial charge on any atom is 0.414 e. The zero-order valence-corrected chi connectivity index (χ0v) is 20.0. The molecule has 0 bridgehead atoms. The summed E-state index contributed by atoms with van der Waals surface area (Å²) in [5.41, 5.74) is 0.0637. The van der Waals surface area contributed by atoms with Gasteiger partial charge in [0.2, 0.25) is 11.8 Å². The van der Waals surface area contributed by atoms with Crippen molar-refractivity contribution in [1.82, 2.24) is 0 Å². The van der Waals surface area contributed by atoms with E-state index in [1.807, 2.05) is 13.0 Å². The lowest BCUT2D eigenvalue weighted by Gasteiger charge is -2.32. The van der Waals surface area contributed by atoms with Gasteiger partial charge in [-0.1, -0.05) is 49.7 Å². The molecule has 0 spiro atoms. The third kappa shape index (κ3) is 5.27. The van der Waals surface area contributed by atoms with E-state index in [1.54, 1.807) is 51.1 Å². The monoisotopic (exact) mass is 466 g/mol. The second kappa shape index (κ2) is 10.1. The van der Waals surface area contributed by atoms with Crippen LogP contribution >= 0.6 is 0 Å². The highest BCUT2D eigenvalue weighted by Gasteiger charge is 2.38. The molecule has 0 aromatic heterocycles. The molecule has 1 N–H and O–H groups in total. The number of benzene rings is 2. The van der Waals surface area contributed by atoms with E-state index in [9.17, 15) is 24.3 Å². The molecule has 2 aromatic carbocycles. The lowest BCUT2D eigenvalue weighted by atomic mass is 9.96.